The van der Waals surface area contributed by atoms with E-state index in [1.54, 1.807) is 0 Å². The van der Waals surface area contributed by atoms with Gasteiger partial charge in [-0.15, -0.1) is 0 Å². The molecular weight excluding hydrogens is 444 g/mol. The predicted molar refractivity (Wildman–Crippen MR) is 145 cm³/mol. The first-order chi connectivity index (χ1) is 17.0. The average molecular weight is 503 g/mol. The molecule has 1 unspecified atom stereocenters. The Morgan fingerprint density at radius 3 is 1.29 bits per heavy atom. The van der Waals surface area contributed by atoms with Crippen molar-refractivity contribution in [2.45, 2.75) is 161 Å². The van der Waals surface area contributed by atoms with E-state index in [9.17, 15) is 9.59 Å². The highest BCUT2D eigenvalue weighted by Gasteiger charge is 2.07. The van der Waals surface area contributed by atoms with Gasteiger partial charge in [0.05, 0.1) is 6.61 Å². The van der Waals surface area contributed by atoms with Gasteiger partial charge in [-0.2, -0.15) is 0 Å². The van der Waals surface area contributed by atoms with Gasteiger partial charge in [-0.25, -0.2) is 0 Å². The van der Waals surface area contributed by atoms with Crippen molar-refractivity contribution in [3.05, 3.63) is 0 Å². The molecule has 0 amide bonds. The Bertz CT molecular complexity index is 441. The van der Waals surface area contributed by atoms with Crippen LogP contribution in [0.2, 0.25) is 0 Å². The maximum Gasteiger partial charge on any atom is 0.305 e. The molecule has 0 aromatic rings. The summed E-state index contributed by atoms with van der Waals surface area (Å²) in [6.45, 7) is 3.94. The van der Waals surface area contributed by atoms with Crippen LogP contribution < -0.4 is 0 Å². The Labute approximate surface area is 216 Å². The molecule has 1 atom stereocenters. The number of hydrogen-bond acceptors (Lipinski definition) is 5. The van der Waals surface area contributed by atoms with E-state index in [1.165, 1.54) is 103 Å². The molecule has 0 saturated heterocycles. The summed E-state index contributed by atoms with van der Waals surface area (Å²) < 4.78 is 4.86. The first-order valence-corrected chi connectivity index (χ1v) is 14.6. The summed E-state index contributed by atoms with van der Waals surface area (Å²) in [5, 5.41) is 26.0. The van der Waals surface area contributed by atoms with Crippen molar-refractivity contribution in [3.63, 3.8) is 0 Å². The highest BCUT2D eigenvalue weighted by atomic mass is 16.5. The Hall–Kier alpha value is -1.14. The van der Waals surface area contributed by atoms with Crippen LogP contribution in [0.25, 0.3) is 0 Å². The summed E-state index contributed by atoms with van der Waals surface area (Å²) in [6.07, 6.45) is 24.9. The van der Waals surface area contributed by atoms with E-state index in [-0.39, 0.29) is 19.2 Å². The fourth-order valence-electron chi connectivity index (χ4n) is 3.83. The van der Waals surface area contributed by atoms with E-state index in [0.717, 1.165) is 25.7 Å². The predicted octanol–water partition coefficient (Wildman–Crippen LogP) is 7.58. The topological polar surface area (TPSA) is 104 Å². The van der Waals surface area contributed by atoms with Crippen LogP contribution in [0.15, 0.2) is 0 Å². The minimum Gasteiger partial charge on any atom is -0.481 e. The summed E-state index contributed by atoms with van der Waals surface area (Å²) in [6, 6.07) is 0. The van der Waals surface area contributed by atoms with Crippen LogP contribution in [0.5, 0.6) is 0 Å². The SMILES string of the molecule is CCCCCCCC(=O)O.CCCCCCCCCCCCCCCCCC(=O)OCC(O)CO. The lowest BCUT2D eigenvalue weighted by Gasteiger charge is -2.08. The van der Waals surface area contributed by atoms with Crippen molar-refractivity contribution >= 4 is 11.9 Å². The van der Waals surface area contributed by atoms with E-state index in [0.29, 0.717) is 12.8 Å². The zero-order chi connectivity index (χ0) is 26.4. The Morgan fingerprint density at radius 2 is 0.943 bits per heavy atom. The number of carbonyl (C=O) groups is 2. The van der Waals surface area contributed by atoms with Crippen molar-refractivity contribution in [2.75, 3.05) is 13.2 Å². The Balaban J connectivity index is 0. The molecule has 0 aromatic heterocycles. The van der Waals surface area contributed by atoms with Gasteiger partial charge in [0, 0.05) is 12.8 Å². The third kappa shape index (κ3) is 35.1. The highest BCUT2D eigenvalue weighted by molar-refractivity contribution is 5.69. The van der Waals surface area contributed by atoms with Gasteiger partial charge in [-0.05, 0) is 12.8 Å². The fraction of sp³-hybridized carbons (Fsp3) is 0.931. The lowest BCUT2D eigenvalue weighted by atomic mass is 10.0. The Morgan fingerprint density at radius 1 is 0.600 bits per heavy atom. The summed E-state index contributed by atoms with van der Waals surface area (Å²) in [4.78, 5) is 21.4. The second-order valence-electron chi connectivity index (χ2n) is 9.78. The van der Waals surface area contributed by atoms with Gasteiger partial charge >= 0.3 is 11.9 Å². The molecule has 0 aromatic carbocycles. The lowest BCUT2D eigenvalue weighted by molar-refractivity contribution is -0.147. The van der Waals surface area contributed by atoms with Crippen LogP contribution in [-0.4, -0.2) is 46.6 Å². The summed E-state index contributed by atoms with van der Waals surface area (Å²) >= 11 is 0. The summed E-state index contributed by atoms with van der Waals surface area (Å²) in [5.41, 5.74) is 0. The van der Waals surface area contributed by atoms with Crippen molar-refractivity contribution in [1.29, 1.82) is 0 Å². The molecule has 0 aliphatic carbocycles. The molecule has 0 spiro atoms. The van der Waals surface area contributed by atoms with E-state index >= 15 is 0 Å². The summed E-state index contributed by atoms with van der Waals surface area (Å²) in [7, 11) is 0. The fourth-order valence-corrected chi connectivity index (χ4v) is 3.83. The van der Waals surface area contributed by atoms with Gasteiger partial charge in [0.1, 0.15) is 12.7 Å². The number of aliphatic carboxylic acids is 1. The van der Waals surface area contributed by atoms with E-state index < -0.39 is 12.1 Å². The van der Waals surface area contributed by atoms with Crippen LogP contribution in [0, 0.1) is 0 Å². The van der Waals surface area contributed by atoms with E-state index in [1.807, 2.05) is 0 Å². The molecule has 3 N–H and O–H groups in total. The third-order valence-corrected chi connectivity index (χ3v) is 6.13. The number of carbonyl (C=O) groups excluding carboxylic acids is 1. The molecule has 0 radical (unpaired) electrons. The first-order valence-electron chi connectivity index (χ1n) is 14.6. The molecular formula is C29H58O6. The number of hydrogen-bond donors (Lipinski definition) is 3. The standard InChI is InChI=1S/C21H42O4.C8H16O2/c1-2-3-4-5-6-7-8-9-10-11-12-13-14-15-16-17-21(24)25-19-20(23)18-22;1-2-3-4-5-6-7-8(9)10/h20,22-23H,2-19H2,1H3;2-7H2,1H3,(H,9,10). The van der Waals surface area contributed by atoms with Crippen LogP contribution in [0.4, 0.5) is 0 Å². The van der Waals surface area contributed by atoms with Gasteiger partial charge in [-0.3, -0.25) is 9.59 Å². The molecule has 0 bridgehead atoms. The minimum atomic E-state index is -0.954. The second kappa shape index (κ2) is 30.9. The van der Waals surface area contributed by atoms with Crippen molar-refractivity contribution in [1.82, 2.24) is 0 Å². The van der Waals surface area contributed by atoms with Crippen molar-refractivity contribution in [2.24, 2.45) is 0 Å². The first kappa shape index (κ1) is 36.0. The molecule has 6 heteroatoms. The third-order valence-electron chi connectivity index (χ3n) is 6.13. The quantitative estimate of drug-likeness (QED) is 0.0878. The number of rotatable bonds is 25. The van der Waals surface area contributed by atoms with E-state index in [4.69, 9.17) is 20.1 Å². The molecule has 210 valence electrons. The number of unbranched alkanes of at least 4 members (excludes halogenated alkanes) is 18. The molecule has 0 aliphatic heterocycles. The smallest absolute Gasteiger partial charge is 0.305 e. The number of aliphatic hydroxyl groups excluding tert-OH is 2. The lowest BCUT2D eigenvalue weighted by Crippen LogP contribution is -2.21. The number of carboxylic acids is 1. The molecule has 0 saturated carbocycles. The maximum atomic E-state index is 11.4. The molecule has 0 heterocycles. The van der Waals surface area contributed by atoms with Gasteiger partial charge in [0.15, 0.2) is 0 Å². The van der Waals surface area contributed by atoms with Crippen LogP contribution in [0.3, 0.4) is 0 Å². The van der Waals surface area contributed by atoms with Gasteiger partial charge in [0.25, 0.3) is 0 Å². The van der Waals surface area contributed by atoms with E-state index in [2.05, 4.69) is 13.8 Å². The number of esters is 1. The summed E-state index contributed by atoms with van der Waals surface area (Å²) in [5.74, 6) is -0.946. The number of ether oxygens (including phenoxy) is 1. The number of aliphatic hydroxyl groups is 2. The average Bonchev–Trinajstić information content (AvgIpc) is 2.85. The molecule has 35 heavy (non-hydrogen) atoms. The van der Waals surface area contributed by atoms with Gasteiger partial charge in [-0.1, -0.05) is 129 Å². The molecule has 0 aliphatic rings. The highest BCUT2D eigenvalue weighted by Crippen LogP contribution is 2.13. The molecule has 6 nitrogen and oxygen atoms in total. The zero-order valence-electron chi connectivity index (χ0n) is 23.1. The largest absolute Gasteiger partial charge is 0.481 e. The van der Waals surface area contributed by atoms with Crippen molar-refractivity contribution < 1.29 is 29.6 Å². The van der Waals surface area contributed by atoms with Crippen LogP contribution >= 0.6 is 0 Å². The molecule has 0 fully saturated rings. The molecule has 0 rings (SSSR count). The van der Waals surface area contributed by atoms with Crippen LogP contribution in [0.1, 0.15) is 155 Å². The number of carboxylic acid groups (broad SMARTS) is 1. The zero-order valence-corrected chi connectivity index (χ0v) is 23.1. The van der Waals surface area contributed by atoms with Crippen LogP contribution in [-0.2, 0) is 14.3 Å². The van der Waals surface area contributed by atoms with Gasteiger partial charge < -0.3 is 20.1 Å². The Kier molecular flexibility index (Phi) is 31.8. The van der Waals surface area contributed by atoms with Crippen molar-refractivity contribution in [3.8, 4) is 0 Å². The second-order valence-corrected chi connectivity index (χ2v) is 9.78. The maximum absolute atomic E-state index is 11.4. The monoisotopic (exact) mass is 502 g/mol. The van der Waals surface area contributed by atoms with Gasteiger partial charge in [0.2, 0.25) is 0 Å². The normalized spacial score (nSPS) is 11.5. The minimum absolute atomic E-state index is 0.103.